The van der Waals surface area contributed by atoms with Gasteiger partial charge in [-0.25, -0.2) is 4.79 Å². The van der Waals surface area contributed by atoms with Gasteiger partial charge in [0.05, 0.1) is 0 Å². The molecule has 0 radical (unpaired) electrons. The maximum atomic E-state index is 11.0. The normalized spacial score (nSPS) is 10.7. The highest BCUT2D eigenvalue weighted by Crippen LogP contribution is 2.21. The number of anilines is 1. The first kappa shape index (κ1) is 13.8. The summed E-state index contributed by atoms with van der Waals surface area (Å²) in [6.07, 6.45) is 0. The molecule has 0 aliphatic heterocycles. The van der Waals surface area contributed by atoms with Crippen molar-refractivity contribution in [3.05, 3.63) is 56.5 Å². The van der Waals surface area contributed by atoms with Crippen molar-refractivity contribution < 1.29 is 9.90 Å². The van der Waals surface area contributed by atoms with E-state index in [9.17, 15) is 4.79 Å². The van der Waals surface area contributed by atoms with Crippen LogP contribution in [0.4, 0.5) is 5.82 Å². The summed E-state index contributed by atoms with van der Waals surface area (Å²) >= 11 is 3.30. The first-order chi connectivity index (χ1) is 10.2. The van der Waals surface area contributed by atoms with Crippen molar-refractivity contribution in [2.75, 3.05) is 4.90 Å². The van der Waals surface area contributed by atoms with Crippen LogP contribution in [-0.2, 0) is 13.1 Å². The molecule has 3 heterocycles. The lowest BCUT2D eigenvalue weighted by Crippen LogP contribution is -2.21. The Morgan fingerprint density at radius 1 is 1.19 bits per heavy atom. The molecule has 0 bridgehead atoms. The molecule has 2 N–H and O–H groups in total. The van der Waals surface area contributed by atoms with Gasteiger partial charge in [-0.2, -0.15) is 27.8 Å². The average Bonchev–Trinajstić information content (AvgIpc) is 3.21. The third-order valence-corrected chi connectivity index (χ3v) is 4.49. The molecule has 108 valence electrons. The second kappa shape index (κ2) is 6.11. The van der Waals surface area contributed by atoms with Crippen LogP contribution in [-0.4, -0.2) is 21.3 Å². The zero-order chi connectivity index (χ0) is 14.7. The number of rotatable bonds is 6. The molecule has 0 saturated heterocycles. The second-order valence-electron chi connectivity index (χ2n) is 4.56. The van der Waals surface area contributed by atoms with E-state index < -0.39 is 5.97 Å². The third-order valence-electron chi connectivity index (χ3n) is 3.03. The third kappa shape index (κ3) is 3.32. The molecule has 3 aromatic rings. The van der Waals surface area contributed by atoms with Gasteiger partial charge in [0, 0.05) is 19.2 Å². The zero-order valence-corrected chi connectivity index (χ0v) is 12.7. The highest BCUT2D eigenvalue weighted by molar-refractivity contribution is 7.08. The fourth-order valence-corrected chi connectivity index (χ4v) is 3.33. The minimum absolute atomic E-state index is 0.102. The Bertz CT molecular complexity index is 668. The van der Waals surface area contributed by atoms with E-state index in [0.717, 1.165) is 0 Å². The summed E-state index contributed by atoms with van der Waals surface area (Å²) in [7, 11) is 0. The van der Waals surface area contributed by atoms with Crippen LogP contribution in [0.25, 0.3) is 0 Å². The van der Waals surface area contributed by atoms with Gasteiger partial charge in [0.25, 0.3) is 0 Å². The van der Waals surface area contributed by atoms with E-state index >= 15 is 0 Å². The number of thiophene rings is 2. The molecule has 0 aromatic carbocycles. The SMILES string of the molecule is O=C(O)c1cc(N(Cc2ccsc2)Cc2ccsc2)n[nH]1. The Morgan fingerprint density at radius 3 is 2.24 bits per heavy atom. The Labute approximate surface area is 129 Å². The molecule has 5 nitrogen and oxygen atoms in total. The first-order valence-corrected chi connectivity index (χ1v) is 8.17. The predicted molar refractivity (Wildman–Crippen MR) is 84.1 cm³/mol. The molecule has 21 heavy (non-hydrogen) atoms. The van der Waals surface area contributed by atoms with Crippen molar-refractivity contribution in [2.24, 2.45) is 0 Å². The van der Waals surface area contributed by atoms with Crippen LogP contribution in [0, 0.1) is 0 Å². The highest BCUT2D eigenvalue weighted by atomic mass is 32.1. The first-order valence-electron chi connectivity index (χ1n) is 6.28. The number of hydrogen-bond donors (Lipinski definition) is 2. The van der Waals surface area contributed by atoms with Gasteiger partial charge in [-0.15, -0.1) is 0 Å². The molecule has 0 atom stereocenters. The number of carboxylic acid groups (broad SMARTS) is 1. The summed E-state index contributed by atoms with van der Waals surface area (Å²) in [6, 6.07) is 5.70. The van der Waals surface area contributed by atoms with E-state index in [1.807, 2.05) is 10.8 Å². The van der Waals surface area contributed by atoms with Gasteiger partial charge >= 0.3 is 5.97 Å². The monoisotopic (exact) mass is 319 g/mol. The van der Waals surface area contributed by atoms with Gasteiger partial charge in [-0.05, 0) is 44.8 Å². The number of H-pyrrole nitrogens is 1. The van der Waals surface area contributed by atoms with Gasteiger partial charge in [-0.1, -0.05) is 0 Å². The number of nitrogens with one attached hydrogen (secondary N) is 1. The lowest BCUT2D eigenvalue weighted by atomic mass is 10.2. The van der Waals surface area contributed by atoms with Crippen molar-refractivity contribution in [1.82, 2.24) is 10.2 Å². The van der Waals surface area contributed by atoms with Crippen molar-refractivity contribution >= 4 is 34.5 Å². The lowest BCUT2D eigenvalue weighted by Gasteiger charge is -2.21. The van der Waals surface area contributed by atoms with E-state index in [2.05, 4.69) is 38.0 Å². The summed E-state index contributed by atoms with van der Waals surface area (Å²) in [5, 5.41) is 23.9. The number of carbonyl (C=O) groups is 1. The number of aromatic amines is 1. The van der Waals surface area contributed by atoms with Gasteiger partial charge < -0.3 is 10.0 Å². The van der Waals surface area contributed by atoms with Crippen molar-refractivity contribution in [1.29, 1.82) is 0 Å². The van der Waals surface area contributed by atoms with Crippen LogP contribution in [0.5, 0.6) is 0 Å². The van der Waals surface area contributed by atoms with Gasteiger partial charge in [-0.3, -0.25) is 5.10 Å². The number of carboxylic acids is 1. The Balaban J connectivity index is 1.84. The Morgan fingerprint density at radius 2 is 1.81 bits per heavy atom. The van der Waals surface area contributed by atoms with Crippen molar-refractivity contribution in [2.45, 2.75) is 13.1 Å². The molecule has 0 amide bonds. The van der Waals surface area contributed by atoms with Crippen molar-refractivity contribution in [3.8, 4) is 0 Å². The minimum atomic E-state index is -1.00. The molecule has 7 heteroatoms. The molecular weight excluding hydrogens is 306 g/mol. The predicted octanol–water partition coefficient (Wildman–Crippen LogP) is 3.44. The lowest BCUT2D eigenvalue weighted by molar-refractivity contribution is 0.0690. The van der Waals surface area contributed by atoms with E-state index in [4.69, 9.17) is 5.11 Å². The van der Waals surface area contributed by atoms with E-state index in [1.165, 1.54) is 11.1 Å². The molecule has 0 aliphatic carbocycles. The van der Waals surface area contributed by atoms with Crippen LogP contribution in [0.3, 0.4) is 0 Å². The fourth-order valence-electron chi connectivity index (χ4n) is 2.01. The number of aromatic nitrogens is 2. The number of hydrogen-bond acceptors (Lipinski definition) is 5. The quantitative estimate of drug-likeness (QED) is 0.730. The topological polar surface area (TPSA) is 69.2 Å². The van der Waals surface area contributed by atoms with E-state index in [-0.39, 0.29) is 5.69 Å². The molecule has 0 aliphatic rings. The molecule has 3 rings (SSSR count). The van der Waals surface area contributed by atoms with Crippen molar-refractivity contribution in [3.63, 3.8) is 0 Å². The summed E-state index contributed by atoms with van der Waals surface area (Å²) in [4.78, 5) is 13.0. The van der Waals surface area contributed by atoms with E-state index in [0.29, 0.717) is 18.9 Å². The second-order valence-corrected chi connectivity index (χ2v) is 6.12. The summed E-state index contributed by atoms with van der Waals surface area (Å²) in [5.41, 5.74) is 2.48. The molecule has 3 aromatic heterocycles. The summed E-state index contributed by atoms with van der Waals surface area (Å²) < 4.78 is 0. The largest absolute Gasteiger partial charge is 0.477 e. The minimum Gasteiger partial charge on any atom is -0.477 e. The average molecular weight is 319 g/mol. The number of aromatic carboxylic acids is 1. The maximum Gasteiger partial charge on any atom is 0.353 e. The molecular formula is C14H13N3O2S2. The standard InChI is InChI=1S/C14H13N3O2S2/c18-14(19)12-5-13(16-15-12)17(6-10-1-3-20-8-10)7-11-2-4-21-9-11/h1-5,8-9H,6-7H2,(H,15,16)(H,18,19). The van der Waals surface area contributed by atoms with E-state index in [1.54, 1.807) is 28.7 Å². The fraction of sp³-hybridized carbons (Fsp3) is 0.143. The molecule has 0 fully saturated rings. The Kier molecular flexibility index (Phi) is 4.03. The summed E-state index contributed by atoms with van der Waals surface area (Å²) in [6.45, 7) is 1.40. The molecule has 0 saturated carbocycles. The number of nitrogens with zero attached hydrogens (tertiary/aromatic N) is 2. The van der Waals surface area contributed by atoms with Gasteiger partial charge in [0.1, 0.15) is 5.69 Å². The van der Waals surface area contributed by atoms with Crippen LogP contribution in [0.2, 0.25) is 0 Å². The van der Waals surface area contributed by atoms with Crippen LogP contribution >= 0.6 is 22.7 Å². The molecule has 0 spiro atoms. The van der Waals surface area contributed by atoms with Gasteiger partial charge in [0.2, 0.25) is 0 Å². The zero-order valence-electron chi connectivity index (χ0n) is 11.0. The highest BCUT2D eigenvalue weighted by Gasteiger charge is 2.15. The van der Waals surface area contributed by atoms with Crippen LogP contribution in [0.15, 0.2) is 39.7 Å². The smallest absolute Gasteiger partial charge is 0.353 e. The van der Waals surface area contributed by atoms with Crippen LogP contribution < -0.4 is 4.90 Å². The van der Waals surface area contributed by atoms with Crippen LogP contribution in [0.1, 0.15) is 21.6 Å². The summed E-state index contributed by atoms with van der Waals surface area (Å²) in [5.74, 6) is -0.357. The Hall–Kier alpha value is -2.12. The van der Waals surface area contributed by atoms with Gasteiger partial charge in [0.15, 0.2) is 5.82 Å². The molecule has 0 unspecified atom stereocenters. The maximum absolute atomic E-state index is 11.0.